The Bertz CT molecular complexity index is 725. The van der Waals surface area contributed by atoms with Gasteiger partial charge in [-0.2, -0.15) is 0 Å². The van der Waals surface area contributed by atoms with Gasteiger partial charge in [0.1, 0.15) is 0 Å². The number of guanidine groups is 1. The van der Waals surface area contributed by atoms with Crippen molar-refractivity contribution in [1.82, 2.24) is 25.4 Å². The Morgan fingerprint density at radius 3 is 2.61 bits per heavy atom. The Labute approximate surface area is 206 Å². The molecule has 0 radical (unpaired) electrons. The molecular weight excluding hydrogens is 525 g/mol. The van der Waals surface area contributed by atoms with Gasteiger partial charge in [0.2, 0.25) is 5.91 Å². The molecule has 31 heavy (non-hydrogen) atoms. The average Bonchev–Trinajstić information content (AvgIpc) is 3.20. The van der Waals surface area contributed by atoms with E-state index in [0.29, 0.717) is 12.6 Å². The molecule has 174 valence electrons. The summed E-state index contributed by atoms with van der Waals surface area (Å²) in [6, 6.07) is 0.440. The van der Waals surface area contributed by atoms with E-state index in [9.17, 15) is 4.79 Å². The van der Waals surface area contributed by atoms with E-state index in [1.165, 1.54) is 18.0 Å². The van der Waals surface area contributed by atoms with Crippen LogP contribution >= 0.6 is 35.3 Å². The molecule has 2 saturated heterocycles. The largest absolute Gasteiger partial charge is 0.357 e. The summed E-state index contributed by atoms with van der Waals surface area (Å²) in [5, 5.41) is 9.86. The van der Waals surface area contributed by atoms with E-state index in [-0.39, 0.29) is 29.9 Å². The van der Waals surface area contributed by atoms with Crippen LogP contribution in [-0.4, -0.2) is 91.6 Å². The lowest BCUT2D eigenvalue weighted by Crippen LogP contribution is -2.54. The number of rotatable bonds is 8. The summed E-state index contributed by atoms with van der Waals surface area (Å²) in [5.74, 6) is 1.15. The summed E-state index contributed by atoms with van der Waals surface area (Å²) >= 11 is 1.76. The SMILES string of the molecule is CCNC(=NCCc1csc(N2CCCC2)n1)N1CCN(CC(=O)NC2CC2)CC1.I. The number of aromatic nitrogens is 1. The van der Waals surface area contributed by atoms with Crippen molar-refractivity contribution in [2.24, 2.45) is 4.99 Å². The van der Waals surface area contributed by atoms with Crippen molar-refractivity contribution >= 4 is 52.3 Å². The number of nitrogens with zero attached hydrogens (tertiary/aromatic N) is 5. The van der Waals surface area contributed by atoms with Crippen molar-refractivity contribution in [2.75, 3.05) is 63.8 Å². The summed E-state index contributed by atoms with van der Waals surface area (Å²) in [6.45, 7) is 10.1. The molecule has 3 fully saturated rings. The second-order valence-corrected chi connectivity index (χ2v) is 9.24. The molecule has 10 heteroatoms. The van der Waals surface area contributed by atoms with Gasteiger partial charge in [-0.3, -0.25) is 14.7 Å². The first-order chi connectivity index (χ1) is 14.7. The number of piperazine rings is 1. The van der Waals surface area contributed by atoms with Gasteiger partial charge >= 0.3 is 0 Å². The number of nitrogens with one attached hydrogen (secondary N) is 2. The number of hydrogen-bond donors (Lipinski definition) is 2. The standard InChI is InChI=1S/C21H35N7OS.HI/c1-2-22-20(23-8-7-18-16-30-21(25-18)28-9-3-4-10-28)27-13-11-26(12-14-27)15-19(29)24-17-5-6-17;/h16-17H,2-15H2,1H3,(H,22,23)(H,24,29);1H. The molecule has 3 aliphatic rings. The minimum atomic E-state index is 0. The number of carbonyl (C=O) groups is 1. The maximum Gasteiger partial charge on any atom is 0.234 e. The molecule has 0 atom stereocenters. The Hall–Kier alpha value is -1.14. The Kier molecular flexibility index (Phi) is 9.64. The molecule has 1 amide bonds. The van der Waals surface area contributed by atoms with Crippen LogP contribution in [0.3, 0.4) is 0 Å². The fourth-order valence-corrected chi connectivity index (χ4v) is 4.90. The van der Waals surface area contributed by atoms with Gasteiger partial charge < -0.3 is 20.4 Å². The van der Waals surface area contributed by atoms with Gasteiger partial charge in [0.25, 0.3) is 0 Å². The van der Waals surface area contributed by atoms with Gasteiger partial charge in [-0.05, 0) is 32.6 Å². The first-order valence-corrected chi connectivity index (χ1v) is 12.3. The van der Waals surface area contributed by atoms with Crippen LogP contribution in [-0.2, 0) is 11.2 Å². The number of amides is 1. The second-order valence-electron chi connectivity index (χ2n) is 8.41. The molecule has 1 saturated carbocycles. The Morgan fingerprint density at radius 2 is 1.94 bits per heavy atom. The zero-order chi connectivity index (χ0) is 20.8. The van der Waals surface area contributed by atoms with Gasteiger partial charge in [-0.15, -0.1) is 35.3 Å². The lowest BCUT2D eigenvalue weighted by Gasteiger charge is -2.36. The van der Waals surface area contributed by atoms with Crippen molar-refractivity contribution in [3.8, 4) is 0 Å². The Balaban J connectivity index is 0.00000272. The smallest absolute Gasteiger partial charge is 0.234 e. The molecule has 2 aliphatic heterocycles. The van der Waals surface area contributed by atoms with Crippen LogP contribution in [0.4, 0.5) is 5.13 Å². The van der Waals surface area contributed by atoms with E-state index in [1.807, 2.05) is 0 Å². The Morgan fingerprint density at radius 1 is 1.19 bits per heavy atom. The number of halogens is 1. The third-order valence-electron chi connectivity index (χ3n) is 5.86. The van der Waals surface area contributed by atoms with E-state index in [1.54, 1.807) is 11.3 Å². The van der Waals surface area contributed by atoms with Crippen molar-refractivity contribution < 1.29 is 4.79 Å². The highest BCUT2D eigenvalue weighted by Crippen LogP contribution is 2.24. The van der Waals surface area contributed by atoms with Crippen molar-refractivity contribution in [1.29, 1.82) is 0 Å². The van der Waals surface area contributed by atoms with Crippen LogP contribution in [0.25, 0.3) is 0 Å². The van der Waals surface area contributed by atoms with Crippen LogP contribution in [0.1, 0.15) is 38.3 Å². The topological polar surface area (TPSA) is 76.1 Å². The molecule has 0 spiro atoms. The summed E-state index contributed by atoms with van der Waals surface area (Å²) < 4.78 is 0. The molecule has 3 heterocycles. The molecule has 0 bridgehead atoms. The van der Waals surface area contributed by atoms with Crippen molar-refractivity contribution in [2.45, 2.75) is 45.1 Å². The minimum absolute atomic E-state index is 0. The molecule has 1 aromatic heterocycles. The minimum Gasteiger partial charge on any atom is -0.357 e. The summed E-state index contributed by atoms with van der Waals surface area (Å²) in [5.41, 5.74) is 1.15. The van der Waals surface area contributed by atoms with Gasteiger partial charge in [0.05, 0.1) is 12.2 Å². The number of thiazole rings is 1. The maximum absolute atomic E-state index is 12.0. The molecule has 1 aromatic rings. The normalized spacial score (nSPS) is 20.0. The molecule has 8 nitrogen and oxygen atoms in total. The first kappa shape index (κ1) is 24.5. The van der Waals surface area contributed by atoms with Crippen LogP contribution in [0.5, 0.6) is 0 Å². The third-order valence-corrected chi connectivity index (χ3v) is 6.81. The molecule has 0 unspecified atom stereocenters. The predicted molar refractivity (Wildman–Crippen MR) is 138 cm³/mol. The number of carbonyl (C=O) groups excluding carboxylic acids is 1. The molecule has 1 aliphatic carbocycles. The van der Waals surface area contributed by atoms with E-state index < -0.39 is 0 Å². The highest BCUT2D eigenvalue weighted by molar-refractivity contribution is 14.0. The highest BCUT2D eigenvalue weighted by atomic mass is 127. The number of aliphatic imine (C=N–C) groups is 1. The van der Waals surface area contributed by atoms with Gasteiger partial charge in [-0.1, -0.05) is 0 Å². The molecule has 4 rings (SSSR count). The van der Waals surface area contributed by atoms with E-state index in [0.717, 1.165) is 83.3 Å². The third kappa shape index (κ3) is 7.45. The second kappa shape index (κ2) is 12.2. The monoisotopic (exact) mass is 561 g/mol. The fraction of sp³-hybridized carbons (Fsp3) is 0.762. The maximum atomic E-state index is 12.0. The first-order valence-electron chi connectivity index (χ1n) is 11.5. The van der Waals surface area contributed by atoms with Gasteiger partial charge in [0.15, 0.2) is 11.1 Å². The molecule has 2 N–H and O–H groups in total. The summed E-state index contributed by atoms with van der Waals surface area (Å²) in [7, 11) is 0. The van der Waals surface area contributed by atoms with Gasteiger partial charge in [-0.25, -0.2) is 4.98 Å². The van der Waals surface area contributed by atoms with E-state index in [4.69, 9.17) is 9.98 Å². The average molecular weight is 562 g/mol. The van der Waals surface area contributed by atoms with E-state index in [2.05, 4.69) is 37.6 Å². The molecule has 0 aromatic carbocycles. The lowest BCUT2D eigenvalue weighted by atomic mass is 10.3. The number of hydrogen-bond acceptors (Lipinski definition) is 6. The van der Waals surface area contributed by atoms with Crippen LogP contribution in [0.15, 0.2) is 10.4 Å². The quantitative estimate of drug-likeness (QED) is 0.287. The van der Waals surface area contributed by atoms with Crippen molar-refractivity contribution in [3.63, 3.8) is 0 Å². The molecular formula is C21H36IN7OS. The fourth-order valence-electron chi connectivity index (χ4n) is 3.99. The van der Waals surface area contributed by atoms with Crippen molar-refractivity contribution in [3.05, 3.63) is 11.1 Å². The number of anilines is 1. The zero-order valence-corrected chi connectivity index (χ0v) is 21.7. The van der Waals surface area contributed by atoms with Crippen LogP contribution < -0.4 is 15.5 Å². The van der Waals surface area contributed by atoms with Gasteiger partial charge in [0, 0.05) is 70.2 Å². The summed E-state index contributed by atoms with van der Waals surface area (Å²) in [4.78, 5) is 28.6. The highest BCUT2D eigenvalue weighted by Gasteiger charge is 2.26. The lowest BCUT2D eigenvalue weighted by molar-refractivity contribution is -0.122. The predicted octanol–water partition coefficient (Wildman–Crippen LogP) is 1.77. The summed E-state index contributed by atoms with van der Waals surface area (Å²) in [6.07, 6.45) is 5.72. The van der Waals surface area contributed by atoms with Crippen LogP contribution in [0, 0.1) is 0 Å². The van der Waals surface area contributed by atoms with E-state index >= 15 is 0 Å². The zero-order valence-electron chi connectivity index (χ0n) is 18.5. The van der Waals surface area contributed by atoms with Crippen LogP contribution in [0.2, 0.25) is 0 Å².